The summed E-state index contributed by atoms with van der Waals surface area (Å²) >= 11 is 1.66. The summed E-state index contributed by atoms with van der Waals surface area (Å²) in [5, 5.41) is 0. The number of Topliss-reactive ketones (excluding diaryl/α,β-unsaturated/α-hetero) is 1. The summed E-state index contributed by atoms with van der Waals surface area (Å²) in [7, 11) is 0. The molecule has 0 radical (unpaired) electrons. The van der Waals surface area contributed by atoms with Gasteiger partial charge in [0, 0.05) is 35.9 Å². The molecule has 1 aliphatic rings. The molecule has 0 spiro atoms. The minimum Gasteiger partial charge on any atom is -0.337 e. The summed E-state index contributed by atoms with van der Waals surface area (Å²) in [5.41, 5.74) is 0.703. The third kappa shape index (κ3) is 2.75. The van der Waals surface area contributed by atoms with Gasteiger partial charge in [0.25, 0.3) is 5.91 Å². The average Bonchev–Trinajstić information content (AvgIpc) is 2.41. The van der Waals surface area contributed by atoms with Gasteiger partial charge < -0.3 is 4.90 Å². The van der Waals surface area contributed by atoms with Crippen LogP contribution in [0.25, 0.3) is 0 Å². The lowest BCUT2D eigenvalue weighted by atomic mass is 9.98. The Bertz CT molecular complexity index is 455. The molecule has 1 aromatic carbocycles. The maximum atomic E-state index is 12.3. The van der Waals surface area contributed by atoms with Gasteiger partial charge in [-0.3, -0.25) is 9.59 Å². The van der Waals surface area contributed by atoms with Gasteiger partial charge in [-0.25, -0.2) is 0 Å². The van der Waals surface area contributed by atoms with Crippen molar-refractivity contribution >= 4 is 23.5 Å². The van der Waals surface area contributed by atoms with E-state index in [9.17, 15) is 9.59 Å². The van der Waals surface area contributed by atoms with E-state index < -0.39 is 0 Å². The highest BCUT2D eigenvalue weighted by Crippen LogP contribution is 2.18. The summed E-state index contributed by atoms with van der Waals surface area (Å²) in [6.07, 6.45) is 2.49. The number of likely N-dealkylation sites (tertiary alicyclic amines) is 1. The molecule has 1 amide bonds. The normalized spacial score (nSPS) is 20.0. The zero-order valence-electron chi connectivity index (χ0n) is 10.7. The quantitative estimate of drug-likeness (QED) is 0.769. The fourth-order valence-electron chi connectivity index (χ4n) is 2.12. The van der Waals surface area contributed by atoms with Gasteiger partial charge in [-0.1, -0.05) is 6.92 Å². The summed E-state index contributed by atoms with van der Waals surface area (Å²) in [6.45, 7) is 2.98. The highest BCUT2D eigenvalue weighted by molar-refractivity contribution is 7.98. The fraction of sp³-hybridized carbons (Fsp3) is 0.429. The maximum absolute atomic E-state index is 12.3. The van der Waals surface area contributed by atoms with Crippen LogP contribution in [0, 0.1) is 5.92 Å². The molecule has 1 heterocycles. The van der Waals surface area contributed by atoms with E-state index in [0.29, 0.717) is 25.1 Å². The number of hydrogen-bond acceptors (Lipinski definition) is 3. The number of carbonyl (C=O) groups excluding carboxylic acids is 2. The van der Waals surface area contributed by atoms with Crippen LogP contribution in [0.1, 0.15) is 23.7 Å². The van der Waals surface area contributed by atoms with Gasteiger partial charge in [0.05, 0.1) is 0 Å². The summed E-state index contributed by atoms with van der Waals surface area (Å²) in [4.78, 5) is 26.6. The number of thioether (sulfide) groups is 1. The highest BCUT2D eigenvalue weighted by atomic mass is 32.2. The number of benzene rings is 1. The molecule has 1 atom stereocenters. The molecule has 4 heteroatoms. The smallest absolute Gasteiger partial charge is 0.253 e. The fourth-order valence-corrected chi connectivity index (χ4v) is 2.52. The first kappa shape index (κ1) is 13.1. The minimum absolute atomic E-state index is 0.0296. The Morgan fingerprint density at radius 3 is 2.56 bits per heavy atom. The summed E-state index contributed by atoms with van der Waals surface area (Å²) < 4.78 is 0. The van der Waals surface area contributed by atoms with E-state index in [1.165, 1.54) is 0 Å². The molecule has 0 N–H and O–H groups in total. The van der Waals surface area contributed by atoms with E-state index >= 15 is 0 Å². The molecule has 1 saturated heterocycles. The predicted octanol–water partition coefficient (Wildman–Crippen LogP) is 2.46. The van der Waals surface area contributed by atoms with E-state index in [4.69, 9.17) is 0 Å². The first-order valence-electron chi connectivity index (χ1n) is 6.08. The minimum atomic E-state index is -0.0341. The monoisotopic (exact) mass is 263 g/mol. The third-order valence-electron chi connectivity index (χ3n) is 3.30. The average molecular weight is 263 g/mol. The lowest BCUT2D eigenvalue weighted by molar-refractivity contribution is -0.124. The topological polar surface area (TPSA) is 37.4 Å². The highest BCUT2D eigenvalue weighted by Gasteiger charge is 2.27. The molecule has 0 aromatic heterocycles. The summed E-state index contributed by atoms with van der Waals surface area (Å²) in [6, 6.07) is 7.62. The van der Waals surface area contributed by atoms with E-state index in [1.807, 2.05) is 37.4 Å². The van der Waals surface area contributed by atoms with Crippen LogP contribution in [0.4, 0.5) is 0 Å². The van der Waals surface area contributed by atoms with Crippen LogP contribution in [0.15, 0.2) is 29.2 Å². The molecule has 18 heavy (non-hydrogen) atoms. The van der Waals surface area contributed by atoms with Gasteiger partial charge in [-0.2, -0.15) is 0 Å². The second kappa shape index (κ2) is 5.57. The lowest BCUT2D eigenvalue weighted by Crippen LogP contribution is -2.43. The first-order valence-corrected chi connectivity index (χ1v) is 7.30. The van der Waals surface area contributed by atoms with E-state index in [0.717, 1.165) is 4.90 Å². The van der Waals surface area contributed by atoms with Crippen molar-refractivity contribution in [2.75, 3.05) is 19.3 Å². The van der Waals surface area contributed by atoms with Crippen molar-refractivity contribution in [3.63, 3.8) is 0 Å². The van der Waals surface area contributed by atoms with Crippen molar-refractivity contribution < 1.29 is 9.59 Å². The number of amides is 1. The van der Waals surface area contributed by atoms with Crippen molar-refractivity contribution in [1.29, 1.82) is 0 Å². The molecule has 0 bridgehead atoms. The van der Waals surface area contributed by atoms with Gasteiger partial charge in [0.2, 0.25) is 0 Å². The number of ketones is 1. The molecular weight excluding hydrogens is 246 g/mol. The van der Waals surface area contributed by atoms with Crippen LogP contribution in [0.5, 0.6) is 0 Å². The Hall–Kier alpha value is -1.29. The number of rotatable bonds is 2. The maximum Gasteiger partial charge on any atom is 0.253 e. The van der Waals surface area contributed by atoms with Crippen LogP contribution in [-0.4, -0.2) is 35.9 Å². The largest absolute Gasteiger partial charge is 0.337 e. The molecule has 1 aliphatic heterocycles. The second-order valence-electron chi connectivity index (χ2n) is 4.60. The van der Waals surface area contributed by atoms with Crippen molar-refractivity contribution in [1.82, 2.24) is 4.90 Å². The molecule has 0 aliphatic carbocycles. The Morgan fingerprint density at radius 2 is 2.00 bits per heavy atom. The van der Waals surface area contributed by atoms with Gasteiger partial charge in [0.1, 0.15) is 5.78 Å². The molecule has 1 fully saturated rings. The Kier molecular flexibility index (Phi) is 4.07. The molecule has 96 valence electrons. The van der Waals surface area contributed by atoms with Crippen molar-refractivity contribution in [2.45, 2.75) is 18.2 Å². The number of piperidine rings is 1. The van der Waals surface area contributed by atoms with Crippen LogP contribution < -0.4 is 0 Å². The molecule has 0 saturated carbocycles. The van der Waals surface area contributed by atoms with Gasteiger partial charge >= 0.3 is 0 Å². The predicted molar refractivity (Wildman–Crippen MR) is 72.9 cm³/mol. The van der Waals surface area contributed by atoms with E-state index in [1.54, 1.807) is 16.7 Å². The van der Waals surface area contributed by atoms with Crippen molar-refractivity contribution in [3.8, 4) is 0 Å². The molecule has 1 aromatic rings. The SMILES string of the molecule is CSc1ccc(C(=O)N2CCC(=O)C(C)C2)cc1. The number of nitrogens with zero attached hydrogens (tertiary/aromatic N) is 1. The van der Waals surface area contributed by atoms with Crippen LogP contribution in [0.2, 0.25) is 0 Å². The van der Waals surface area contributed by atoms with E-state index in [2.05, 4.69) is 0 Å². The lowest BCUT2D eigenvalue weighted by Gasteiger charge is -2.30. The Morgan fingerprint density at radius 1 is 1.33 bits per heavy atom. The zero-order chi connectivity index (χ0) is 13.1. The first-order chi connectivity index (χ1) is 8.61. The molecule has 3 nitrogen and oxygen atoms in total. The zero-order valence-corrected chi connectivity index (χ0v) is 11.5. The Balaban J connectivity index is 2.08. The molecule has 2 rings (SSSR count). The van der Waals surface area contributed by atoms with Gasteiger partial charge in [0.15, 0.2) is 0 Å². The Labute approximate surface area is 112 Å². The number of carbonyl (C=O) groups is 2. The van der Waals surface area contributed by atoms with Crippen LogP contribution in [-0.2, 0) is 4.79 Å². The van der Waals surface area contributed by atoms with Crippen molar-refractivity contribution in [2.24, 2.45) is 5.92 Å². The second-order valence-corrected chi connectivity index (χ2v) is 5.48. The molecular formula is C14H17NO2S. The van der Waals surface area contributed by atoms with E-state index in [-0.39, 0.29) is 17.6 Å². The number of hydrogen-bond donors (Lipinski definition) is 0. The van der Waals surface area contributed by atoms with Gasteiger partial charge in [-0.05, 0) is 30.5 Å². The third-order valence-corrected chi connectivity index (χ3v) is 4.04. The van der Waals surface area contributed by atoms with Crippen LogP contribution in [0.3, 0.4) is 0 Å². The molecule has 1 unspecified atom stereocenters. The van der Waals surface area contributed by atoms with Crippen LogP contribution >= 0.6 is 11.8 Å². The van der Waals surface area contributed by atoms with Crippen molar-refractivity contribution in [3.05, 3.63) is 29.8 Å². The van der Waals surface area contributed by atoms with Gasteiger partial charge in [-0.15, -0.1) is 11.8 Å². The standard InChI is InChI=1S/C14H17NO2S/c1-10-9-15(8-7-13(10)16)14(17)11-3-5-12(18-2)6-4-11/h3-6,10H,7-9H2,1-2H3. The summed E-state index contributed by atoms with van der Waals surface area (Å²) in [5.74, 6) is 0.256.